The van der Waals surface area contributed by atoms with E-state index in [1.807, 2.05) is 37.4 Å². The minimum atomic E-state index is -0.0609. The van der Waals surface area contributed by atoms with Crippen molar-refractivity contribution in [2.75, 3.05) is 7.05 Å². The fraction of sp³-hybridized carbons (Fsp3) is 0.250. The predicted molar refractivity (Wildman–Crippen MR) is 93.1 cm³/mol. The lowest BCUT2D eigenvalue weighted by Crippen LogP contribution is -2.26. The van der Waals surface area contributed by atoms with Gasteiger partial charge in [-0.15, -0.1) is 0 Å². The Balaban J connectivity index is 2.01. The van der Waals surface area contributed by atoms with Gasteiger partial charge in [-0.3, -0.25) is 0 Å². The van der Waals surface area contributed by atoms with Crippen LogP contribution in [0, 0.1) is 0 Å². The van der Waals surface area contributed by atoms with Gasteiger partial charge in [0, 0.05) is 37.6 Å². The van der Waals surface area contributed by atoms with E-state index in [9.17, 15) is 0 Å². The zero-order valence-corrected chi connectivity index (χ0v) is 15.3. The molecule has 5 heteroatoms. The van der Waals surface area contributed by atoms with E-state index in [0.29, 0.717) is 0 Å². The highest BCUT2D eigenvalue weighted by Crippen LogP contribution is 2.43. The molecule has 1 heterocycles. The maximum Gasteiger partial charge on any atom is 0.127 e. The summed E-state index contributed by atoms with van der Waals surface area (Å²) in [5.41, 5.74) is 2.19. The molecule has 1 aliphatic rings. The minimum absolute atomic E-state index is 0.0609. The molecule has 0 saturated heterocycles. The van der Waals surface area contributed by atoms with E-state index in [-0.39, 0.29) is 12.1 Å². The molecule has 2 aromatic carbocycles. The van der Waals surface area contributed by atoms with Gasteiger partial charge in [0.2, 0.25) is 0 Å². The Hall–Kier alpha value is -0.550. The number of benzene rings is 2. The van der Waals surface area contributed by atoms with Gasteiger partial charge in [-0.2, -0.15) is 0 Å². The average Bonchev–Trinajstić information content (AvgIpc) is 2.48. The van der Waals surface area contributed by atoms with Crippen molar-refractivity contribution in [3.8, 4) is 5.75 Å². The van der Waals surface area contributed by atoms with Crippen LogP contribution in [-0.4, -0.2) is 7.05 Å². The lowest BCUT2D eigenvalue weighted by Gasteiger charge is -2.33. The van der Waals surface area contributed by atoms with Crippen LogP contribution in [0.2, 0.25) is 5.02 Å². The molecule has 0 saturated carbocycles. The predicted octanol–water partition coefficient (Wildman–Crippen LogP) is 5.65. The van der Waals surface area contributed by atoms with E-state index < -0.39 is 0 Å². The quantitative estimate of drug-likeness (QED) is 0.664. The number of rotatable bonds is 2. The molecule has 0 radical (unpaired) electrons. The summed E-state index contributed by atoms with van der Waals surface area (Å²) < 4.78 is 8.21. The molecule has 2 atom stereocenters. The maximum atomic E-state index is 6.35. The van der Waals surface area contributed by atoms with Gasteiger partial charge in [0.15, 0.2) is 0 Å². The molecule has 1 aliphatic heterocycles. The summed E-state index contributed by atoms with van der Waals surface area (Å²) in [5.74, 6) is 0.899. The highest BCUT2D eigenvalue weighted by molar-refractivity contribution is 9.10. The zero-order valence-electron chi connectivity index (χ0n) is 11.4. The molecule has 2 nitrogen and oxygen atoms in total. The van der Waals surface area contributed by atoms with Crippen molar-refractivity contribution in [2.45, 2.75) is 18.6 Å². The Labute approximate surface area is 146 Å². The fourth-order valence-electron chi connectivity index (χ4n) is 2.67. The van der Waals surface area contributed by atoms with Crippen molar-refractivity contribution in [1.82, 2.24) is 5.32 Å². The lowest BCUT2D eigenvalue weighted by atomic mass is 9.93. The molecular weight excluding hydrogens is 417 g/mol. The molecule has 2 aromatic rings. The summed E-state index contributed by atoms with van der Waals surface area (Å²) in [4.78, 5) is 0. The van der Waals surface area contributed by atoms with Gasteiger partial charge in [0.25, 0.3) is 0 Å². The molecule has 0 bridgehead atoms. The van der Waals surface area contributed by atoms with E-state index in [1.165, 1.54) is 5.56 Å². The number of halogens is 3. The third-order valence-electron chi connectivity index (χ3n) is 3.72. The molecule has 0 aliphatic carbocycles. The third-order valence-corrected chi connectivity index (χ3v) is 5.05. The second-order valence-corrected chi connectivity index (χ2v) is 7.27. The van der Waals surface area contributed by atoms with Crippen LogP contribution in [0.5, 0.6) is 5.75 Å². The lowest BCUT2D eigenvalue weighted by molar-refractivity contribution is 0.154. The van der Waals surface area contributed by atoms with Crippen LogP contribution in [-0.2, 0) is 0 Å². The highest BCUT2D eigenvalue weighted by Gasteiger charge is 2.29. The Morgan fingerprint density at radius 3 is 2.57 bits per heavy atom. The molecular formula is C16H14Br2ClNO. The molecule has 3 rings (SSSR count). The SMILES string of the molecule is CNC1CC(c2cc(Br)ccc2Cl)Oc2cc(Br)ccc21. The first-order valence-electron chi connectivity index (χ1n) is 6.67. The molecule has 2 unspecified atom stereocenters. The first-order valence-corrected chi connectivity index (χ1v) is 8.63. The van der Waals surface area contributed by atoms with Crippen molar-refractivity contribution in [3.63, 3.8) is 0 Å². The second-order valence-electron chi connectivity index (χ2n) is 5.03. The maximum absolute atomic E-state index is 6.35. The topological polar surface area (TPSA) is 21.3 Å². The van der Waals surface area contributed by atoms with Crippen molar-refractivity contribution in [2.24, 2.45) is 0 Å². The third kappa shape index (κ3) is 3.14. The van der Waals surface area contributed by atoms with Crippen LogP contribution >= 0.6 is 43.5 Å². The smallest absolute Gasteiger partial charge is 0.127 e. The van der Waals surface area contributed by atoms with Crippen molar-refractivity contribution < 1.29 is 4.74 Å². The molecule has 0 spiro atoms. The molecule has 21 heavy (non-hydrogen) atoms. The Morgan fingerprint density at radius 2 is 1.81 bits per heavy atom. The van der Waals surface area contributed by atoms with Crippen LogP contribution in [0.15, 0.2) is 45.3 Å². The monoisotopic (exact) mass is 429 g/mol. The second kappa shape index (κ2) is 6.29. The number of nitrogens with one attached hydrogen (secondary N) is 1. The van der Waals surface area contributed by atoms with Gasteiger partial charge in [0.05, 0.1) is 0 Å². The van der Waals surface area contributed by atoms with Crippen molar-refractivity contribution >= 4 is 43.5 Å². The van der Waals surface area contributed by atoms with Gasteiger partial charge in [-0.1, -0.05) is 49.5 Å². The molecule has 0 amide bonds. The molecule has 0 fully saturated rings. The Kier molecular flexibility index (Phi) is 4.60. The van der Waals surface area contributed by atoms with Crippen LogP contribution in [0.3, 0.4) is 0 Å². The summed E-state index contributed by atoms with van der Waals surface area (Å²) in [6, 6.07) is 12.3. The summed E-state index contributed by atoms with van der Waals surface area (Å²) in [6.45, 7) is 0. The normalized spacial score (nSPS) is 20.8. The Bertz CT molecular complexity index is 677. The zero-order chi connectivity index (χ0) is 15.0. The first-order chi connectivity index (χ1) is 10.1. The van der Waals surface area contributed by atoms with Crippen molar-refractivity contribution in [3.05, 3.63) is 61.5 Å². The number of ether oxygens (including phenoxy) is 1. The first kappa shape index (κ1) is 15.3. The van der Waals surface area contributed by atoms with Crippen LogP contribution < -0.4 is 10.1 Å². The van der Waals surface area contributed by atoms with E-state index in [0.717, 1.165) is 31.7 Å². The summed E-state index contributed by atoms with van der Waals surface area (Å²) in [7, 11) is 1.97. The van der Waals surface area contributed by atoms with Crippen LogP contribution in [0.1, 0.15) is 29.7 Å². The molecule has 0 aromatic heterocycles. The van der Waals surface area contributed by atoms with Gasteiger partial charge >= 0.3 is 0 Å². The van der Waals surface area contributed by atoms with E-state index >= 15 is 0 Å². The summed E-state index contributed by atoms with van der Waals surface area (Å²) in [6.07, 6.45) is 0.788. The number of hydrogen-bond acceptors (Lipinski definition) is 2. The Morgan fingerprint density at radius 1 is 1.10 bits per heavy atom. The largest absolute Gasteiger partial charge is 0.485 e. The van der Waals surface area contributed by atoms with Gasteiger partial charge in [-0.25, -0.2) is 0 Å². The minimum Gasteiger partial charge on any atom is -0.485 e. The van der Waals surface area contributed by atoms with E-state index in [4.69, 9.17) is 16.3 Å². The molecule has 110 valence electrons. The van der Waals surface area contributed by atoms with Gasteiger partial charge < -0.3 is 10.1 Å². The van der Waals surface area contributed by atoms with Gasteiger partial charge in [-0.05, 0) is 37.4 Å². The van der Waals surface area contributed by atoms with E-state index in [2.05, 4.69) is 43.2 Å². The average molecular weight is 432 g/mol. The summed E-state index contributed by atoms with van der Waals surface area (Å²) >= 11 is 13.3. The number of fused-ring (bicyclic) bond motifs is 1. The number of hydrogen-bond donors (Lipinski definition) is 1. The van der Waals surface area contributed by atoms with Crippen LogP contribution in [0.25, 0.3) is 0 Å². The molecule has 1 N–H and O–H groups in total. The fourth-order valence-corrected chi connectivity index (χ4v) is 3.62. The van der Waals surface area contributed by atoms with Crippen LogP contribution in [0.4, 0.5) is 0 Å². The van der Waals surface area contributed by atoms with Gasteiger partial charge in [0.1, 0.15) is 11.9 Å². The standard InChI is InChI=1S/C16H14Br2ClNO/c1-20-14-8-16(12-6-9(17)3-5-13(12)19)21-15-7-10(18)2-4-11(14)15/h2-7,14,16,20H,8H2,1H3. The highest BCUT2D eigenvalue weighted by atomic mass is 79.9. The summed E-state index contributed by atoms with van der Waals surface area (Å²) in [5, 5.41) is 4.10. The van der Waals surface area contributed by atoms with Crippen molar-refractivity contribution in [1.29, 1.82) is 0 Å². The van der Waals surface area contributed by atoms with E-state index in [1.54, 1.807) is 0 Å².